The molecule has 1 heterocycles. The van der Waals surface area contributed by atoms with Gasteiger partial charge in [0.15, 0.2) is 11.9 Å². The van der Waals surface area contributed by atoms with Gasteiger partial charge < -0.3 is 9.64 Å². The van der Waals surface area contributed by atoms with Crippen LogP contribution >= 0.6 is 0 Å². The molecule has 0 saturated carbocycles. The number of amides is 1. The highest BCUT2D eigenvalue weighted by molar-refractivity contribution is 6.00. The first-order chi connectivity index (χ1) is 5.09. The summed E-state index contributed by atoms with van der Waals surface area (Å²) in [6.07, 6.45) is -0.544. The maximum Gasteiger partial charge on any atom is 0.254 e. The minimum Gasteiger partial charge on any atom is -0.369 e. The zero-order valence-electron chi connectivity index (χ0n) is 6.83. The van der Waals surface area contributed by atoms with Gasteiger partial charge in [-0.05, 0) is 6.92 Å². The third-order valence-electron chi connectivity index (χ3n) is 1.97. The van der Waals surface area contributed by atoms with Gasteiger partial charge in [-0.2, -0.15) is 0 Å². The average Bonchev–Trinajstić information content (AvgIpc) is 1.96. The number of ketones is 1. The molecular formula is C7H11NO3. The first kappa shape index (κ1) is 8.20. The molecule has 0 N–H and O–H groups in total. The summed E-state index contributed by atoms with van der Waals surface area (Å²) in [7, 11) is 3.04. The SMILES string of the molecule is CO[C@H]1C(=O)N(C)[C@H]1C(C)=O. The van der Waals surface area contributed by atoms with E-state index in [0.717, 1.165) is 0 Å². The molecule has 11 heavy (non-hydrogen) atoms. The molecule has 4 heteroatoms. The van der Waals surface area contributed by atoms with Crippen molar-refractivity contribution in [2.24, 2.45) is 0 Å². The number of likely N-dealkylation sites (N-methyl/N-ethyl adjacent to an activating group) is 1. The van der Waals surface area contributed by atoms with Crippen LogP contribution in [0.5, 0.6) is 0 Å². The van der Waals surface area contributed by atoms with E-state index in [-0.39, 0.29) is 17.7 Å². The Morgan fingerprint density at radius 3 is 2.45 bits per heavy atom. The fraction of sp³-hybridized carbons (Fsp3) is 0.714. The Hall–Kier alpha value is -0.900. The Kier molecular flexibility index (Phi) is 1.95. The quantitative estimate of drug-likeness (QED) is 0.504. The van der Waals surface area contributed by atoms with Crippen LogP contribution in [0, 0.1) is 0 Å². The number of carbonyl (C=O) groups excluding carboxylic acids is 2. The van der Waals surface area contributed by atoms with Crippen LogP contribution < -0.4 is 0 Å². The molecule has 1 aliphatic rings. The Morgan fingerprint density at radius 1 is 1.64 bits per heavy atom. The summed E-state index contributed by atoms with van der Waals surface area (Å²) in [5.74, 6) is -0.147. The molecule has 1 fully saturated rings. The molecule has 0 aromatic heterocycles. The van der Waals surface area contributed by atoms with Crippen molar-refractivity contribution >= 4 is 11.7 Å². The van der Waals surface area contributed by atoms with Crippen LogP contribution in [0.3, 0.4) is 0 Å². The third-order valence-corrected chi connectivity index (χ3v) is 1.97. The molecule has 4 nitrogen and oxygen atoms in total. The first-order valence-electron chi connectivity index (χ1n) is 3.39. The summed E-state index contributed by atoms with van der Waals surface area (Å²) >= 11 is 0. The zero-order valence-corrected chi connectivity index (χ0v) is 6.83. The fourth-order valence-corrected chi connectivity index (χ4v) is 1.31. The molecule has 2 atom stereocenters. The number of hydrogen-bond donors (Lipinski definition) is 0. The largest absolute Gasteiger partial charge is 0.369 e. The minimum absolute atomic E-state index is 0.0287. The molecule has 0 radical (unpaired) electrons. The van der Waals surface area contributed by atoms with Gasteiger partial charge in [-0.25, -0.2) is 0 Å². The van der Waals surface area contributed by atoms with E-state index in [9.17, 15) is 9.59 Å². The topological polar surface area (TPSA) is 46.6 Å². The number of methoxy groups -OCH3 is 1. The lowest BCUT2D eigenvalue weighted by Gasteiger charge is -2.42. The van der Waals surface area contributed by atoms with E-state index in [4.69, 9.17) is 4.74 Å². The van der Waals surface area contributed by atoms with Gasteiger partial charge in [0.2, 0.25) is 0 Å². The van der Waals surface area contributed by atoms with E-state index < -0.39 is 6.10 Å². The van der Waals surface area contributed by atoms with Crippen molar-refractivity contribution in [3.05, 3.63) is 0 Å². The number of carbonyl (C=O) groups is 2. The zero-order chi connectivity index (χ0) is 8.59. The summed E-state index contributed by atoms with van der Waals surface area (Å²) in [5.41, 5.74) is 0. The summed E-state index contributed by atoms with van der Waals surface area (Å²) in [4.78, 5) is 23.2. The van der Waals surface area contributed by atoms with Crippen molar-refractivity contribution in [2.75, 3.05) is 14.2 Å². The van der Waals surface area contributed by atoms with Gasteiger partial charge in [-0.15, -0.1) is 0 Å². The lowest BCUT2D eigenvalue weighted by Crippen LogP contribution is -2.66. The predicted molar refractivity (Wildman–Crippen MR) is 38.0 cm³/mol. The van der Waals surface area contributed by atoms with Gasteiger partial charge in [-0.1, -0.05) is 0 Å². The number of rotatable bonds is 2. The molecule has 1 rings (SSSR count). The molecule has 0 aliphatic carbocycles. The van der Waals surface area contributed by atoms with Crippen LogP contribution in [0.4, 0.5) is 0 Å². The van der Waals surface area contributed by atoms with Crippen LogP contribution in [-0.4, -0.2) is 42.9 Å². The average molecular weight is 157 g/mol. The monoisotopic (exact) mass is 157 g/mol. The lowest BCUT2D eigenvalue weighted by atomic mass is 9.96. The van der Waals surface area contributed by atoms with Gasteiger partial charge >= 0.3 is 0 Å². The van der Waals surface area contributed by atoms with Gasteiger partial charge in [0.05, 0.1) is 0 Å². The molecule has 62 valence electrons. The van der Waals surface area contributed by atoms with E-state index in [1.165, 1.54) is 18.9 Å². The third kappa shape index (κ3) is 1.03. The van der Waals surface area contributed by atoms with E-state index in [0.29, 0.717) is 0 Å². The number of likely N-dealkylation sites (tertiary alicyclic amines) is 1. The van der Waals surface area contributed by atoms with Gasteiger partial charge in [-0.3, -0.25) is 9.59 Å². The second kappa shape index (κ2) is 2.62. The van der Waals surface area contributed by atoms with Crippen LogP contribution in [0.2, 0.25) is 0 Å². The van der Waals surface area contributed by atoms with E-state index in [1.54, 1.807) is 7.05 Å². The summed E-state index contributed by atoms with van der Waals surface area (Å²) in [6.45, 7) is 1.46. The molecule has 1 aliphatic heterocycles. The summed E-state index contributed by atoms with van der Waals surface area (Å²) < 4.78 is 4.83. The van der Waals surface area contributed by atoms with Crippen LogP contribution in [0.25, 0.3) is 0 Å². The minimum atomic E-state index is -0.544. The standard InChI is InChI=1S/C7H11NO3/c1-4(9)5-6(11-3)7(10)8(5)2/h5-6H,1-3H3/t5-,6+/m0/s1. The normalized spacial score (nSPS) is 30.1. The molecule has 1 amide bonds. The van der Waals surface area contributed by atoms with E-state index in [1.807, 2.05) is 0 Å². The van der Waals surface area contributed by atoms with Crippen molar-refractivity contribution < 1.29 is 14.3 Å². The second-order valence-electron chi connectivity index (χ2n) is 2.66. The highest BCUT2D eigenvalue weighted by Crippen LogP contribution is 2.20. The fourth-order valence-electron chi connectivity index (χ4n) is 1.31. The maximum absolute atomic E-state index is 11.0. The highest BCUT2D eigenvalue weighted by atomic mass is 16.5. The van der Waals surface area contributed by atoms with Crippen molar-refractivity contribution in [3.63, 3.8) is 0 Å². The van der Waals surface area contributed by atoms with Gasteiger partial charge in [0.1, 0.15) is 6.04 Å². The Labute approximate surface area is 65.1 Å². The number of ether oxygens (including phenoxy) is 1. The predicted octanol–water partition coefficient (Wildman–Crippen LogP) is -0.569. The van der Waals surface area contributed by atoms with Crippen molar-refractivity contribution in [3.8, 4) is 0 Å². The second-order valence-corrected chi connectivity index (χ2v) is 2.66. The van der Waals surface area contributed by atoms with Crippen LogP contribution in [0.15, 0.2) is 0 Å². The van der Waals surface area contributed by atoms with Crippen LogP contribution in [-0.2, 0) is 14.3 Å². The highest BCUT2D eigenvalue weighted by Gasteiger charge is 2.47. The Balaban J connectivity index is 2.67. The van der Waals surface area contributed by atoms with Gasteiger partial charge in [0.25, 0.3) is 5.91 Å². The smallest absolute Gasteiger partial charge is 0.254 e. The van der Waals surface area contributed by atoms with E-state index >= 15 is 0 Å². The Bertz CT molecular complexity index is 202. The first-order valence-corrected chi connectivity index (χ1v) is 3.39. The van der Waals surface area contributed by atoms with E-state index in [2.05, 4.69) is 0 Å². The molecular weight excluding hydrogens is 146 g/mol. The number of hydrogen-bond acceptors (Lipinski definition) is 3. The molecule has 1 saturated heterocycles. The number of Topliss-reactive ketones (excluding diaryl/α,β-unsaturated/α-hetero) is 1. The molecule has 0 aromatic carbocycles. The van der Waals surface area contributed by atoms with Crippen molar-refractivity contribution in [1.82, 2.24) is 4.90 Å². The lowest BCUT2D eigenvalue weighted by molar-refractivity contribution is -0.171. The number of nitrogens with zero attached hydrogens (tertiary/aromatic N) is 1. The van der Waals surface area contributed by atoms with Gasteiger partial charge in [0, 0.05) is 14.2 Å². The summed E-state index contributed by atoms with van der Waals surface area (Å²) in [5, 5.41) is 0. The molecule has 0 spiro atoms. The number of β-lactam (4-membered cyclic amide) rings is 1. The van der Waals surface area contributed by atoms with Crippen LogP contribution in [0.1, 0.15) is 6.92 Å². The summed E-state index contributed by atoms with van der Waals surface area (Å²) in [6, 6.07) is -0.368. The molecule has 0 unspecified atom stereocenters. The maximum atomic E-state index is 11.0. The van der Waals surface area contributed by atoms with Crippen molar-refractivity contribution in [1.29, 1.82) is 0 Å². The Morgan fingerprint density at radius 2 is 2.18 bits per heavy atom. The molecule has 0 aromatic rings. The van der Waals surface area contributed by atoms with Crippen molar-refractivity contribution in [2.45, 2.75) is 19.1 Å². The molecule has 0 bridgehead atoms.